The SMILES string of the molecule is CC(C)C1=NS(=O)(=O)C=C1. The lowest BCUT2D eigenvalue weighted by Gasteiger charge is -1.97. The fraction of sp³-hybridized carbons (Fsp3) is 0.500. The maximum Gasteiger partial charge on any atom is 0.275 e. The zero-order chi connectivity index (χ0) is 7.78. The van der Waals surface area contributed by atoms with Gasteiger partial charge in [-0.25, -0.2) is 0 Å². The lowest BCUT2D eigenvalue weighted by Crippen LogP contribution is -2.01. The molecule has 1 rings (SSSR count). The summed E-state index contributed by atoms with van der Waals surface area (Å²) in [5.41, 5.74) is 0.639. The molecule has 0 aromatic heterocycles. The molecule has 0 bridgehead atoms. The van der Waals surface area contributed by atoms with Crippen molar-refractivity contribution < 1.29 is 8.42 Å². The van der Waals surface area contributed by atoms with Crippen LogP contribution in [0.25, 0.3) is 0 Å². The van der Waals surface area contributed by atoms with Crippen LogP contribution >= 0.6 is 0 Å². The molecule has 0 unspecified atom stereocenters. The van der Waals surface area contributed by atoms with Crippen molar-refractivity contribution in [2.45, 2.75) is 13.8 Å². The van der Waals surface area contributed by atoms with Crippen molar-refractivity contribution in [1.29, 1.82) is 0 Å². The van der Waals surface area contributed by atoms with Gasteiger partial charge in [-0.05, 0) is 12.0 Å². The average Bonchev–Trinajstić information content (AvgIpc) is 2.10. The Morgan fingerprint density at radius 3 is 2.30 bits per heavy atom. The van der Waals surface area contributed by atoms with E-state index in [1.807, 2.05) is 13.8 Å². The molecule has 0 fully saturated rings. The van der Waals surface area contributed by atoms with Gasteiger partial charge in [-0.1, -0.05) is 13.8 Å². The first-order valence-corrected chi connectivity index (χ1v) is 4.54. The molecular weight excluding hydrogens is 150 g/mol. The highest BCUT2D eigenvalue weighted by atomic mass is 32.2. The Bertz CT molecular complexity index is 285. The normalized spacial score (nSPS) is 21.7. The average molecular weight is 159 g/mol. The van der Waals surface area contributed by atoms with Crippen LogP contribution in [0.4, 0.5) is 0 Å². The molecule has 3 nitrogen and oxygen atoms in total. The van der Waals surface area contributed by atoms with E-state index in [9.17, 15) is 8.42 Å². The Labute approximate surface area is 60.5 Å². The van der Waals surface area contributed by atoms with Gasteiger partial charge in [0.2, 0.25) is 0 Å². The van der Waals surface area contributed by atoms with Gasteiger partial charge in [-0.3, -0.25) is 0 Å². The van der Waals surface area contributed by atoms with Crippen molar-refractivity contribution in [2.24, 2.45) is 10.3 Å². The van der Waals surface area contributed by atoms with E-state index in [4.69, 9.17) is 0 Å². The first kappa shape index (κ1) is 7.47. The number of sulfonamides is 1. The molecule has 0 aromatic carbocycles. The molecule has 0 spiro atoms. The maximum absolute atomic E-state index is 10.7. The Kier molecular flexibility index (Phi) is 1.64. The summed E-state index contributed by atoms with van der Waals surface area (Å²) in [6.07, 6.45) is 1.54. The lowest BCUT2D eigenvalue weighted by atomic mass is 10.1. The second-order valence-corrected chi connectivity index (χ2v) is 3.97. The maximum atomic E-state index is 10.7. The highest BCUT2D eigenvalue weighted by Gasteiger charge is 2.14. The van der Waals surface area contributed by atoms with Crippen molar-refractivity contribution >= 4 is 15.7 Å². The third-order valence-corrected chi connectivity index (χ3v) is 2.18. The largest absolute Gasteiger partial charge is 0.275 e. The second-order valence-electron chi connectivity index (χ2n) is 2.49. The summed E-state index contributed by atoms with van der Waals surface area (Å²) in [7, 11) is -3.23. The quantitative estimate of drug-likeness (QED) is 0.571. The van der Waals surface area contributed by atoms with Crippen LogP contribution in [0, 0.1) is 5.92 Å². The Hall–Kier alpha value is -0.640. The minimum absolute atomic E-state index is 0.188. The molecule has 1 heterocycles. The fourth-order valence-corrected chi connectivity index (χ4v) is 1.60. The summed E-state index contributed by atoms with van der Waals surface area (Å²) in [5.74, 6) is 0.188. The highest BCUT2D eigenvalue weighted by molar-refractivity contribution is 7.93. The van der Waals surface area contributed by atoms with Crippen LogP contribution in [0.3, 0.4) is 0 Å². The number of nitrogens with zero attached hydrogens (tertiary/aromatic N) is 1. The summed E-state index contributed by atoms with van der Waals surface area (Å²) >= 11 is 0. The predicted molar refractivity (Wildman–Crippen MR) is 40.3 cm³/mol. The third-order valence-electron chi connectivity index (χ3n) is 1.23. The van der Waals surface area contributed by atoms with E-state index >= 15 is 0 Å². The molecule has 0 amide bonds. The molecule has 0 atom stereocenters. The van der Waals surface area contributed by atoms with E-state index in [0.717, 1.165) is 5.41 Å². The van der Waals surface area contributed by atoms with E-state index in [-0.39, 0.29) is 5.92 Å². The summed E-state index contributed by atoms with van der Waals surface area (Å²) in [5, 5.41) is 1.13. The topological polar surface area (TPSA) is 46.5 Å². The van der Waals surface area contributed by atoms with Crippen LogP contribution in [-0.4, -0.2) is 14.1 Å². The molecule has 0 saturated heterocycles. The van der Waals surface area contributed by atoms with E-state index < -0.39 is 10.0 Å². The van der Waals surface area contributed by atoms with Gasteiger partial charge in [0.25, 0.3) is 10.0 Å². The standard InChI is InChI=1S/C6H9NO2S/c1-5(2)6-3-4-10(8,9)7-6/h3-5H,1-2H3. The minimum atomic E-state index is -3.23. The molecular formula is C6H9NO2S. The van der Waals surface area contributed by atoms with Crippen LogP contribution in [0.1, 0.15) is 13.8 Å². The van der Waals surface area contributed by atoms with Crippen molar-refractivity contribution in [2.75, 3.05) is 0 Å². The lowest BCUT2D eigenvalue weighted by molar-refractivity contribution is 0.607. The summed E-state index contributed by atoms with van der Waals surface area (Å²) in [4.78, 5) is 0. The Morgan fingerprint density at radius 1 is 1.50 bits per heavy atom. The summed E-state index contributed by atoms with van der Waals surface area (Å²) in [6, 6.07) is 0. The molecule has 0 N–H and O–H groups in total. The van der Waals surface area contributed by atoms with Gasteiger partial charge in [0.1, 0.15) is 0 Å². The first-order valence-electron chi connectivity index (χ1n) is 3.04. The molecule has 4 heteroatoms. The number of hydrogen-bond acceptors (Lipinski definition) is 2. The first-order chi connectivity index (χ1) is 4.51. The van der Waals surface area contributed by atoms with Gasteiger partial charge < -0.3 is 0 Å². The van der Waals surface area contributed by atoms with Gasteiger partial charge in [0.15, 0.2) is 0 Å². The van der Waals surface area contributed by atoms with Crippen LogP contribution in [0.15, 0.2) is 15.9 Å². The zero-order valence-corrected chi connectivity index (χ0v) is 6.72. The second kappa shape index (κ2) is 2.20. The van der Waals surface area contributed by atoms with Crippen LogP contribution in [0.2, 0.25) is 0 Å². The summed E-state index contributed by atoms with van der Waals surface area (Å²) in [6.45, 7) is 3.81. The Balaban J connectivity index is 3.00. The van der Waals surface area contributed by atoms with E-state index in [1.165, 1.54) is 0 Å². The van der Waals surface area contributed by atoms with E-state index in [0.29, 0.717) is 5.71 Å². The molecule has 0 aliphatic carbocycles. The van der Waals surface area contributed by atoms with Gasteiger partial charge in [-0.15, -0.1) is 0 Å². The number of hydrogen-bond donors (Lipinski definition) is 0. The van der Waals surface area contributed by atoms with Crippen LogP contribution < -0.4 is 0 Å². The molecule has 1 aliphatic rings. The van der Waals surface area contributed by atoms with Gasteiger partial charge in [0.05, 0.1) is 11.1 Å². The third kappa shape index (κ3) is 1.44. The highest BCUT2D eigenvalue weighted by Crippen LogP contribution is 2.10. The molecule has 0 saturated carbocycles. The fourth-order valence-electron chi connectivity index (χ4n) is 0.661. The van der Waals surface area contributed by atoms with Crippen molar-refractivity contribution in [1.82, 2.24) is 0 Å². The number of allylic oxidation sites excluding steroid dienone is 1. The number of rotatable bonds is 1. The Morgan fingerprint density at radius 2 is 2.10 bits per heavy atom. The summed E-state index contributed by atoms with van der Waals surface area (Å²) < 4.78 is 24.8. The van der Waals surface area contributed by atoms with Gasteiger partial charge in [0, 0.05) is 0 Å². The molecule has 0 aromatic rings. The zero-order valence-electron chi connectivity index (χ0n) is 5.90. The molecule has 0 radical (unpaired) electrons. The van der Waals surface area contributed by atoms with E-state index in [2.05, 4.69) is 4.40 Å². The predicted octanol–water partition coefficient (Wildman–Crippen LogP) is 0.941. The minimum Gasteiger partial charge on any atom is -0.200 e. The van der Waals surface area contributed by atoms with Crippen molar-refractivity contribution in [3.05, 3.63) is 11.5 Å². The van der Waals surface area contributed by atoms with Crippen molar-refractivity contribution in [3.63, 3.8) is 0 Å². The van der Waals surface area contributed by atoms with Crippen molar-refractivity contribution in [3.8, 4) is 0 Å². The van der Waals surface area contributed by atoms with Crippen LogP contribution in [-0.2, 0) is 10.0 Å². The van der Waals surface area contributed by atoms with Gasteiger partial charge in [-0.2, -0.15) is 12.8 Å². The van der Waals surface area contributed by atoms with Crippen LogP contribution in [0.5, 0.6) is 0 Å². The molecule has 10 heavy (non-hydrogen) atoms. The molecule has 1 aliphatic heterocycles. The van der Waals surface area contributed by atoms with Gasteiger partial charge >= 0.3 is 0 Å². The monoisotopic (exact) mass is 159 g/mol. The van der Waals surface area contributed by atoms with E-state index in [1.54, 1.807) is 6.08 Å². The smallest absolute Gasteiger partial charge is 0.200 e. The molecule has 56 valence electrons.